The first kappa shape index (κ1) is 21.2. The molecule has 33 heavy (non-hydrogen) atoms. The Bertz CT molecular complexity index is 1400. The number of methoxy groups -OCH3 is 1. The van der Waals surface area contributed by atoms with Gasteiger partial charge in [0.05, 0.1) is 24.7 Å². The molecule has 9 heteroatoms. The van der Waals surface area contributed by atoms with Crippen LogP contribution in [0.15, 0.2) is 71.2 Å². The van der Waals surface area contributed by atoms with Crippen LogP contribution in [0.4, 0.5) is 10.7 Å². The molecular weight excluding hydrogens is 488 g/mol. The number of anilines is 1. The number of fused-ring (bicyclic) bond motifs is 2. The maximum Gasteiger partial charge on any atom is 0.413 e. The standard InChI is InChI=1S/C24H19BrN4O4/c1-33-23(31)28-22-26-19-11-10-15(12-20(19)27-22)24(32)17-8-4-3-7-16(17)21(30)29(24)13-14-6-2-5-9-18(14)25/h2-12,32H,13H2,1H3,(H2,26,27,28,31). The van der Waals surface area contributed by atoms with Gasteiger partial charge in [0.15, 0.2) is 5.72 Å². The molecule has 1 aromatic heterocycles. The van der Waals surface area contributed by atoms with Gasteiger partial charge in [0.2, 0.25) is 5.95 Å². The van der Waals surface area contributed by atoms with E-state index in [-0.39, 0.29) is 18.4 Å². The van der Waals surface area contributed by atoms with Crippen molar-refractivity contribution in [2.24, 2.45) is 0 Å². The van der Waals surface area contributed by atoms with Crippen LogP contribution in [0.3, 0.4) is 0 Å². The number of nitrogens with zero attached hydrogens (tertiary/aromatic N) is 2. The zero-order valence-corrected chi connectivity index (χ0v) is 19.1. The highest BCUT2D eigenvalue weighted by atomic mass is 79.9. The number of halogens is 1. The van der Waals surface area contributed by atoms with Crippen molar-refractivity contribution in [2.75, 3.05) is 12.4 Å². The largest absolute Gasteiger partial charge is 0.453 e. The quantitative estimate of drug-likeness (QED) is 0.381. The summed E-state index contributed by atoms with van der Waals surface area (Å²) >= 11 is 3.54. The number of H-pyrrole nitrogens is 1. The fourth-order valence-electron chi connectivity index (χ4n) is 4.14. The summed E-state index contributed by atoms with van der Waals surface area (Å²) in [4.78, 5) is 33.7. The predicted octanol–water partition coefficient (Wildman–Crippen LogP) is 4.35. The minimum atomic E-state index is -1.70. The normalized spacial score (nSPS) is 17.3. The molecule has 0 saturated heterocycles. The van der Waals surface area contributed by atoms with E-state index in [1.807, 2.05) is 24.3 Å². The Morgan fingerprint density at radius 3 is 2.73 bits per heavy atom. The Morgan fingerprint density at radius 1 is 1.18 bits per heavy atom. The molecule has 166 valence electrons. The van der Waals surface area contributed by atoms with Crippen molar-refractivity contribution in [3.05, 3.63) is 93.5 Å². The molecule has 1 aliphatic heterocycles. The lowest BCUT2D eigenvalue weighted by Gasteiger charge is -2.35. The van der Waals surface area contributed by atoms with Crippen LogP contribution in [0.5, 0.6) is 0 Å². The van der Waals surface area contributed by atoms with Crippen LogP contribution >= 0.6 is 15.9 Å². The van der Waals surface area contributed by atoms with E-state index in [1.54, 1.807) is 42.5 Å². The lowest BCUT2D eigenvalue weighted by molar-refractivity contribution is -0.0543. The van der Waals surface area contributed by atoms with E-state index in [0.717, 1.165) is 10.0 Å². The van der Waals surface area contributed by atoms with E-state index in [2.05, 4.69) is 36.0 Å². The van der Waals surface area contributed by atoms with Gasteiger partial charge in [-0.05, 0) is 29.8 Å². The van der Waals surface area contributed by atoms with Crippen molar-refractivity contribution >= 4 is 44.9 Å². The number of ether oxygens (including phenoxy) is 1. The molecule has 3 aromatic carbocycles. The molecule has 1 atom stereocenters. The van der Waals surface area contributed by atoms with Crippen molar-refractivity contribution in [1.82, 2.24) is 14.9 Å². The molecule has 1 aliphatic rings. The molecule has 0 radical (unpaired) electrons. The molecule has 0 spiro atoms. The summed E-state index contributed by atoms with van der Waals surface area (Å²) in [6.45, 7) is 0.196. The van der Waals surface area contributed by atoms with Gasteiger partial charge in [0.25, 0.3) is 5.91 Å². The van der Waals surface area contributed by atoms with Gasteiger partial charge in [0, 0.05) is 21.2 Å². The molecule has 1 unspecified atom stereocenters. The van der Waals surface area contributed by atoms with Crippen molar-refractivity contribution in [3.8, 4) is 0 Å². The molecule has 8 nitrogen and oxygen atoms in total. The summed E-state index contributed by atoms with van der Waals surface area (Å²) in [5.74, 6) is -0.0458. The lowest BCUT2D eigenvalue weighted by Crippen LogP contribution is -2.44. The molecular formula is C24H19BrN4O4. The van der Waals surface area contributed by atoms with Gasteiger partial charge in [-0.2, -0.15) is 0 Å². The molecule has 2 amide bonds. The third kappa shape index (κ3) is 3.46. The fourth-order valence-corrected chi connectivity index (χ4v) is 4.55. The second kappa shape index (κ2) is 8.02. The average molecular weight is 507 g/mol. The van der Waals surface area contributed by atoms with Crippen LogP contribution in [-0.4, -0.2) is 39.1 Å². The van der Waals surface area contributed by atoms with Gasteiger partial charge in [-0.1, -0.05) is 58.4 Å². The number of nitrogens with one attached hydrogen (secondary N) is 2. The number of rotatable bonds is 4. The van der Waals surface area contributed by atoms with Gasteiger partial charge in [-0.15, -0.1) is 0 Å². The fraction of sp³-hybridized carbons (Fsp3) is 0.125. The Hall–Kier alpha value is -3.69. The summed E-state index contributed by atoms with van der Waals surface area (Å²) in [6.07, 6.45) is -0.650. The topological polar surface area (TPSA) is 108 Å². The third-order valence-corrected chi connectivity index (χ3v) is 6.52. The Balaban J connectivity index is 1.62. The molecule has 4 aromatic rings. The van der Waals surface area contributed by atoms with E-state index < -0.39 is 11.8 Å². The van der Waals surface area contributed by atoms with E-state index in [4.69, 9.17) is 0 Å². The minimum absolute atomic E-state index is 0.196. The van der Waals surface area contributed by atoms with Crippen LogP contribution < -0.4 is 5.32 Å². The summed E-state index contributed by atoms with van der Waals surface area (Å²) < 4.78 is 5.45. The highest BCUT2D eigenvalue weighted by Gasteiger charge is 2.49. The zero-order valence-electron chi connectivity index (χ0n) is 17.5. The Labute approximate surface area is 197 Å². The van der Waals surface area contributed by atoms with E-state index in [0.29, 0.717) is 27.7 Å². The van der Waals surface area contributed by atoms with Crippen molar-refractivity contribution in [3.63, 3.8) is 0 Å². The maximum atomic E-state index is 13.4. The lowest BCUT2D eigenvalue weighted by atomic mass is 9.93. The predicted molar refractivity (Wildman–Crippen MR) is 126 cm³/mol. The number of hydrogen-bond acceptors (Lipinski definition) is 5. The van der Waals surface area contributed by atoms with E-state index in [9.17, 15) is 14.7 Å². The smallest absolute Gasteiger partial charge is 0.413 e. The van der Waals surface area contributed by atoms with E-state index in [1.165, 1.54) is 12.0 Å². The van der Waals surface area contributed by atoms with Gasteiger partial charge in [0.1, 0.15) is 0 Å². The molecule has 0 fully saturated rings. The van der Waals surface area contributed by atoms with E-state index >= 15 is 0 Å². The Morgan fingerprint density at radius 2 is 1.94 bits per heavy atom. The van der Waals surface area contributed by atoms with Gasteiger partial charge >= 0.3 is 6.09 Å². The number of aromatic nitrogens is 2. The summed E-state index contributed by atoms with van der Waals surface area (Å²) in [5, 5.41) is 14.6. The van der Waals surface area contributed by atoms with Crippen molar-refractivity contribution in [1.29, 1.82) is 0 Å². The van der Waals surface area contributed by atoms with Crippen LogP contribution in [-0.2, 0) is 17.0 Å². The first-order valence-electron chi connectivity index (χ1n) is 10.1. The van der Waals surface area contributed by atoms with Gasteiger partial charge < -0.3 is 14.8 Å². The van der Waals surface area contributed by atoms with Gasteiger partial charge in [-0.25, -0.2) is 9.78 Å². The summed E-state index contributed by atoms with van der Waals surface area (Å²) in [6, 6.07) is 19.8. The van der Waals surface area contributed by atoms with Crippen LogP contribution in [0.1, 0.15) is 27.0 Å². The number of hydrogen-bond donors (Lipinski definition) is 3. The second-order valence-corrected chi connectivity index (χ2v) is 8.49. The summed E-state index contributed by atoms with van der Waals surface area (Å²) in [7, 11) is 1.26. The molecule has 2 heterocycles. The monoisotopic (exact) mass is 506 g/mol. The first-order valence-corrected chi connectivity index (χ1v) is 10.9. The maximum absolute atomic E-state index is 13.4. The number of aliphatic hydroxyl groups is 1. The average Bonchev–Trinajstić information content (AvgIpc) is 3.32. The minimum Gasteiger partial charge on any atom is -0.453 e. The number of imidazole rings is 1. The number of benzene rings is 3. The van der Waals surface area contributed by atoms with Crippen molar-refractivity contribution in [2.45, 2.75) is 12.3 Å². The summed E-state index contributed by atoms with van der Waals surface area (Å²) in [5.41, 5.74) is 1.79. The highest BCUT2D eigenvalue weighted by Crippen LogP contribution is 2.44. The number of amides is 2. The molecule has 3 N–H and O–H groups in total. The van der Waals surface area contributed by atoms with Crippen LogP contribution in [0.25, 0.3) is 11.0 Å². The third-order valence-electron chi connectivity index (χ3n) is 5.75. The SMILES string of the molecule is COC(=O)Nc1nc2ccc(C3(O)c4ccccc4C(=O)N3Cc3ccccc3Br)cc2[nH]1. The second-order valence-electron chi connectivity index (χ2n) is 7.63. The molecule has 0 bridgehead atoms. The molecule has 0 saturated carbocycles. The number of carbonyl (C=O) groups is 2. The molecule has 5 rings (SSSR count). The van der Waals surface area contributed by atoms with Crippen molar-refractivity contribution < 1.29 is 19.4 Å². The Kier molecular flexibility index (Phi) is 5.15. The molecule has 0 aliphatic carbocycles. The zero-order chi connectivity index (χ0) is 23.2. The van der Waals surface area contributed by atoms with Crippen LogP contribution in [0, 0.1) is 0 Å². The number of carbonyl (C=O) groups excluding carboxylic acids is 2. The van der Waals surface area contributed by atoms with Gasteiger partial charge in [-0.3, -0.25) is 15.0 Å². The first-order chi connectivity index (χ1) is 15.9. The van der Waals surface area contributed by atoms with Crippen LogP contribution in [0.2, 0.25) is 0 Å². The highest BCUT2D eigenvalue weighted by molar-refractivity contribution is 9.10. The number of aromatic amines is 1.